The highest BCUT2D eigenvalue weighted by molar-refractivity contribution is 6.32. The van der Waals surface area contributed by atoms with Crippen molar-refractivity contribution in [3.05, 3.63) is 41.4 Å². The summed E-state index contributed by atoms with van der Waals surface area (Å²) in [6, 6.07) is 4.38. The van der Waals surface area contributed by atoms with E-state index in [4.69, 9.17) is 16.6 Å². The van der Waals surface area contributed by atoms with Gasteiger partial charge in [0.05, 0.1) is 6.20 Å². The molecule has 3 aromatic heterocycles. The number of aryl methyl sites for hydroxylation is 1. The fraction of sp³-hybridized carbons (Fsp3) is 0.450. The molecule has 1 saturated heterocycles. The second kappa shape index (κ2) is 7.93. The van der Waals surface area contributed by atoms with Crippen LogP contribution in [0, 0.1) is 12.8 Å². The first-order chi connectivity index (χ1) is 13.6. The molecule has 3 aromatic rings. The van der Waals surface area contributed by atoms with Crippen molar-refractivity contribution in [1.82, 2.24) is 24.7 Å². The second-order valence-electron chi connectivity index (χ2n) is 7.37. The number of fused-ring (bicyclic) bond motifs is 1. The Balaban J connectivity index is 1.58. The smallest absolute Gasteiger partial charge is 0.229 e. The lowest BCUT2D eigenvalue weighted by Crippen LogP contribution is -2.48. The quantitative estimate of drug-likeness (QED) is 0.682. The van der Waals surface area contributed by atoms with Crippen molar-refractivity contribution in [1.29, 1.82) is 0 Å². The monoisotopic (exact) mass is 399 g/mol. The minimum atomic E-state index is 0.413. The van der Waals surface area contributed by atoms with Crippen LogP contribution in [-0.4, -0.2) is 45.5 Å². The first-order valence-corrected chi connectivity index (χ1v) is 10.1. The molecule has 1 aliphatic heterocycles. The van der Waals surface area contributed by atoms with Crippen LogP contribution in [0.3, 0.4) is 0 Å². The topological polar surface area (TPSA) is 70.4 Å². The van der Waals surface area contributed by atoms with E-state index in [1.54, 1.807) is 6.20 Å². The van der Waals surface area contributed by atoms with Gasteiger partial charge in [-0.1, -0.05) is 24.9 Å². The molecule has 0 aliphatic carbocycles. The fourth-order valence-electron chi connectivity index (χ4n) is 3.97. The second-order valence-corrected chi connectivity index (χ2v) is 7.78. The maximum Gasteiger partial charge on any atom is 0.229 e. The Morgan fingerprint density at radius 1 is 1.36 bits per heavy atom. The molecule has 1 aliphatic rings. The third-order valence-electron chi connectivity index (χ3n) is 5.60. The van der Waals surface area contributed by atoms with Gasteiger partial charge in [0.2, 0.25) is 5.95 Å². The SMILES string of the molecule is CCC1CNCCC1N(C)c1nc(Nc2ccn3c(C)cnc3c2)ncc1Cl. The Morgan fingerprint density at radius 3 is 3.04 bits per heavy atom. The molecule has 0 bridgehead atoms. The van der Waals surface area contributed by atoms with Gasteiger partial charge < -0.3 is 19.9 Å². The number of piperidine rings is 1. The third kappa shape index (κ3) is 3.64. The fourth-order valence-corrected chi connectivity index (χ4v) is 4.20. The predicted molar refractivity (Wildman–Crippen MR) is 114 cm³/mol. The Kier molecular flexibility index (Phi) is 5.37. The number of nitrogens with zero attached hydrogens (tertiary/aromatic N) is 5. The van der Waals surface area contributed by atoms with Crippen LogP contribution >= 0.6 is 11.6 Å². The van der Waals surface area contributed by atoms with E-state index in [-0.39, 0.29) is 0 Å². The summed E-state index contributed by atoms with van der Waals surface area (Å²) in [5.41, 5.74) is 2.87. The largest absolute Gasteiger partial charge is 0.355 e. The summed E-state index contributed by atoms with van der Waals surface area (Å²) in [5.74, 6) is 1.87. The van der Waals surface area contributed by atoms with E-state index in [9.17, 15) is 0 Å². The minimum absolute atomic E-state index is 0.413. The Bertz CT molecular complexity index is 970. The first kappa shape index (κ1) is 19.0. The van der Waals surface area contributed by atoms with Crippen LogP contribution in [0.5, 0.6) is 0 Å². The molecule has 0 amide bonds. The lowest BCUT2D eigenvalue weighted by atomic mass is 9.90. The summed E-state index contributed by atoms with van der Waals surface area (Å²) in [7, 11) is 2.08. The van der Waals surface area contributed by atoms with Gasteiger partial charge in [0.25, 0.3) is 0 Å². The van der Waals surface area contributed by atoms with Crippen molar-refractivity contribution in [2.75, 3.05) is 30.4 Å². The predicted octanol–water partition coefficient (Wildman–Crippen LogP) is 3.65. The normalized spacial score (nSPS) is 19.7. The maximum absolute atomic E-state index is 6.46. The van der Waals surface area contributed by atoms with Gasteiger partial charge in [0.15, 0.2) is 5.82 Å². The lowest BCUT2D eigenvalue weighted by molar-refractivity contribution is 0.309. The van der Waals surface area contributed by atoms with Gasteiger partial charge in [-0.25, -0.2) is 9.97 Å². The van der Waals surface area contributed by atoms with Crippen LogP contribution in [0.25, 0.3) is 5.65 Å². The summed E-state index contributed by atoms with van der Waals surface area (Å²) >= 11 is 6.46. The molecule has 8 heteroatoms. The molecular weight excluding hydrogens is 374 g/mol. The molecule has 2 N–H and O–H groups in total. The minimum Gasteiger partial charge on any atom is -0.355 e. The molecule has 0 spiro atoms. The molecule has 2 atom stereocenters. The van der Waals surface area contributed by atoms with Crippen LogP contribution < -0.4 is 15.5 Å². The van der Waals surface area contributed by atoms with Gasteiger partial charge in [-0.15, -0.1) is 0 Å². The number of rotatable bonds is 5. The lowest BCUT2D eigenvalue weighted by Gasteiger charge is -2.39. The van der Waals surface area contributed by atoms with Crippen molar-refractivity contribution >= 4 is 34.7 Å². The molecule has 28 heavy (non-hydrogen) atoms. The molecular formula is C20H26ClN7. The van der Waals surface area contributed by atoms with Gasteiger partial charge in [0, 0.05) is 42.9 Å². The van der Waals surface area contributed by atoms with E-state index in [0.29, 0.717) is 22.9 Å². The number of imidazole rings is 1. The van der Waals surface area contributed by atoms with Gasteiger partial charge in [0.1, 0.15) is 10.7 Å². The molecule has 148 valence electrons. The van der Waals surface area contributed by atoms with E-state index < -0.39 is 0 Å². The van der Waals surface area contributed by atoms with Crippen LogP contribution in [-0.2, 0) is 0 Å². The van der Waals surface area contributed by atoms with E-state index in [1.165, 1.54) is 0 Å². The molecule has 2 unspecified atom stereocenters. The Morgan fingerprint density at radius 2 is 2.21 bits per heavy atom. The number of halogens is 1. The van der Waals surface area contributed by atoms with Crippen LogP contribution in [0.15, 0.2) is 30.7 Å². The van der Waals surface area contributed by atoms with Crippen molar-refractivity contribution in [2.45, 2.75) is 32.7 Å². The molecule has 0 saturated carbocycles. The Hall–Kier alpha value is -2.38. The number of anilines is 3. The standard InChI is InChI=1S/C20H26ClN7/c1-4-14-11-22-7-5-17(14)27(3)19-16(21)12-24-20(26-19)25-15-6-8-28-13(2)10-23-18(28)9-15/h6,8-10,12,14,17,22H,4-5,7,11H2,1-3H3,(H,24,25,26). The molecule has 0 radical (unpaired) electrons. The van der Waals surface area contributed by atoms with Crippen molar-refractivity contribution in [3.63, 3.8) is 0 Å². The Labute approximate surface area is 170 Å². The van der Waals surface area contributed by atoms with Crippen molar-refractivity contribution < 1.29 is 0 Å². The van der Waals surface area contributed by atoms with E-state index in [0.717, 1.165) is 48.8 Å². The summed E-state index contributed by atoms with van der Waals surface area (Å²) in [6.45, 7) is 6.31. The summed E-state index contributed by atoms with van der Waals surface area (Å²) in [4.78, 5) is 15.7. The highest BCUT2D eigenvalue weighted by Crippen LogP contribution is 2.30. The molecule has 7 nitrogen and oxygen atoms in total. The number of aromatic nitrogens is 4. The van der Waals surface area contributed by atoms with Gasteiger partial charge in [-0.05, 0) is 38.4 Å². The zero-order valence-electron chi connectivity index (χ0n) is 16.5. The number of pyridine rings is 1. The van der Waals surface area contributed by atoms with Gasteiger partial charge in [-0.2, -0.15) is 4.98 Å². The average Bonchev–Trinajstić information content (AvgIpc) is 3.09. The van der Waals surface area contributed by atoms with Gasteiger partial charge >= 0.3 is 0 Å². The zero-order valence-corrected chi connectivity index (χ0v) is 17.2. The molecule has 0 aromatic carbocycles. The highest BCUT2D eigenvalue weighted by Gasteiger charge is 2.29. The number of hydrogen-bond acceptors (Lipinski definition) is 6. The van der Waals surface area contributed by atoms with Crippen LogP contribution in [0.1, 0.15) is 25.5 Å². The van der Waals surface area contributed by atoms with E-state index in [2.05, 4.69) is 39.5 Å². The van der Waals surface area contributed by atoms with Crippen molar-refractivity contribution in [2.24, 2.45) is 5.92 Å². The van der Waals surface area contributed by atoms with Crippen molar-refractivity contribution in [3.8, 4) is 0 Å². The third-order valence-corrected chi connectivity index (χ3v) is 5.87. The number of hydrogen-bond donors (Lipinski definition) is 2. The summed E-state index contributed by atoms with van der Waals surface area (Å²) in [6.07, 6.45) is 7.72. The molecule has 1 fully saturated rings. The average molecular weight is 400 g/mol. The first-order valence-electron chi connectivity index (χ1n) is 9.73. The maximum atomic E-state index is 6.46. The molecule has 4 heterocycles. The number of nitrogens with one attached hydrogen (secondary N) is 2. The van der Waals surface area contributed by atoms with Crippen LogP contribution in [0.2, 0.25) is 5.02 Å². The van der Waals surface area contributed by atoms with E-state index >= 15 is 0 Å². The van der Waals surface area contributed by atoms with Gasteiger partial charge in [-0.3, -0.25) is 0 Å². The summed E-state index contributed by atoms with van der Waals surface area (Å²) in [5, 5.41) is 7.34. The highest BCUT2D eigenvalue weighted by atomic mass is 35.5. The summed E-state index contributed by atoms with van der Waals surface area (Å²) < 4.78 is 2.04. The van der Waals surface area contributed by atoms with E-state index in [1.807, 2.05) is 35.9 Å². The van der Waals surface area contributed by atoms with Crippen LogP contribution in [0.4, 0.5) is 17.5 Å². The molecule has 4 rings (SSSR count). The zero-order chi connectivity index (χ0) is 19.7.